The lowest BCUT2D eigenvalue weighted by Crippen LogP contribution is -1.99. The highest BCUT2D eigenvalue weighted by Gasteiger charge is 2.10. The zero-order valence-corrected chi connectivity index (χ0v) is 11.5. The van der Waals surface area contributed by atoms with E-state index >= 15 is 0 Å². The third-order valence-electron chi connectivity index (χ3n) is 3.23. The van der Waals surface area contributed by atoms with Crippen molar-refractivity contribution in [1.29, 1.82) is 0 Å². The second-order valence-electron chi connectivity index (χ2n) is 4.71. The van der Waals surface area contributed by atoms with Crippen LogP contribution in [-0.4, -0.2) is 10.2 Å². The maximum absolute atomic E-state index is 13.3. The van der Waals surface area contributed by atoms with Gasteiger partial charge in [0.2, 0.25) is 11.8 Å². The maximum atomic E-state index is 13.3. The number of halogens is 1. The molecule has 0 saturated carbocycles. The Hall–Kier alpha value is -2.53. The average Bonchev–Trinajstić information content (AvgIpc) is 2.94. The maximum Gasteiger partial charge on any atom is 0.247 e. The number of aryl methyl sites for hydroxylation is 1. The van der Waals surface area contributed by atoms with E-state index in [9.17, 15) is 4.39 Å². The van der Waals surface area contributed by atoms with Crippen LogP contribution >= 0.6 is 0 Å². The van der Waals surface area contributed by atoms with Crippen LogP contribution in [-0.2, 0) is 6.54 Å². The van der Waals surface area contributed by atoms with Gasteiger partial charge >= 0.3 is 0 Å². The van der Waals surface area contributed by atoms with Crippen LogP contribution in [0.5, 0.6) is 0 Å². The Bertz CT molecular complexity index is 783. The molecule has 5 heteroatoms. The first kappa shape index (κ1) is 13.5. The Morgan fingerprint density at radius 2 is 1.90 bits per heavy atom. The molecule has 4 nitrogen and oxygen atoms in total. The Morgan fingerprint density at radius 1 is 1.10 bits per heavy atom. The molecule has 0 fully saturated rings. The second kappa shape index (κ2) is 5.46. The van der Waals surface area contributed by atoms with Gasteiger partial charge in [-0.2, -0.15) is 0 Å². The van der Waals surface area contributed by atoms with Gasteiger partial charge in [0.1, 0.15) is 5.82 Å². The van der Waals surface area contributed by atoms with E-state index < -0.39 is 0 Å². The lowest BCUT2D eigenvalue weighted by Gasteiger charge is -2.09. The molecule has 2 N–H and O–H groups in total. The molecule has 0 spiro atoms. The number of nitrogens with zero attached hydrogens (tertiary/aromatic N) is 2. The van der Waals surface area contributed by atoms with Gasteiger partial charge in [0.25, 0.3) is 0 Å². The van der Waals surface area contributed by atoms with Gasteiger partial charge in [-0.25, -0.2) is 4.39 Å². The lowest BCUT2D eigenvalue weighted by molar-refractivity contribution is 0.533. The Balaban J connectivity index is 2.08. The molecule has 2 aromatic carbocycles. The van der Waals surface area contributed by atoms with Crippen molar-refractivity contribution in [3.8, 4) is 22.6 Å². The Kier molecular flexibility index (Phi) is 3.50. The van der Waals surface area contributed by atoms with Crippen LogP contribution in [0.25, 0.3) is 22.6 Å². The van der Waals surface area contributed by atoms with Crippen molar-refractivity contribution < 1.29 is 8.81 Å². The van der Waals surface area contributed by atoms with Crippen molar-refractivity contribution >= 4 is 0 Å². The molecule has 1 aromatic heterocycles. The number of benzene rings is 2. The minimum absolute atomic E-state index is 0.275. The molecule has 21 heavy (non-hydrogen) atoms. The topological polar surface area (TPSA) is 64.9 Å². The van der Waals surface area contributed by atoms with Crippen molar-refractivity contribution in [2.24, 2.45) is 5.73 Å². The van der Waals surface area contributed by atoms with Gasteiger partial charge in [0.15, 0.2) is 0 Å². The molecule has 1 heterocycles. The van der Waals surface area contributed by atoms with Crippen LogP contribution in [0.3, 0.4) is 0 Å². The molecule has 3 aromatic rings. The number of nitrogens with two attached hydrogens (primary N) is 1. The zero-order valence-electron chi connectivity index (χ0n) is 11.5. The first-order valence-corrected chi connectivity index (χ1v) is 6.57. The molecular formula is C16H14FN3O. The van der Waals surface area contributed by atoms with E-state index in [1.54, 1.807) is 13.0 Å². The van der Waals surface area contributed by atoms with E-state index in [1.807, 2.05) is 24.3 Å². The van der Waals surface area contributed by atoms with Crippen LogP contribution in [0.1, 0.15) is 11.5 Å². The summed E-state index contributed by atoms with van der Waals surface area (Å²) in [5, 5.41) is 7.83. The van der Waals surface area contributed by atoms with Crippen LogP contribution < -0.4 is 5.73 Å². The normalized spacial score (nSPS) is 10.8. The van der Waals surface area contributed by atoms with E-state index in [0.29, 0.717) is 11.8 Å². The van der Waals surface area contributed by atoms with Crippen LogP contribution in [0.4, 0.5) is 4.39 Å². The summed E-state index contributed by atoms with van der Waals surface area (Å²) in [6.45, 7) is 2.02. The number of hydrogen-bond acceptors (Lipinski definition) is 4. The summed E-state index contributed by atoms with van der Waals surface area (Å²) in [7, 11) is 0. The average molecular weight is 283 g/mol. The molecule has 0 amide bonds. The summed E-state index contributed by atoms with van der Waals surface area (Å²) in [6, 6.07) is 12.3. The van der Waals surface area contributed by atoms with Crippen molar-refractivity contribution in [2.75, 3.05) is 0 Å². The highest BCUT2D eigenvalue weighted by Crippen LogP contribution is 2.28. The highest BCUT2D eigenvalue weighted by atomic mass is 19.1. The highest BCUT2D eigenvalue weighted by molar-refractivity contribution is 5.72. The third kappa shape index (κ3) is 2.68. The minimum Gasteiger partial charge on any atom is -0.421 e. The fourth-order valence-corrected chi connectivity index (χ4v) is 2.25. The summed E-state index contributed by atoms with van der Waals surface area (Å²) < 4.78 is 18.7. The molecule has 0 bridgehead atoms. The summed E-state index contributed by atoms with van der Waals surface area (Å²) >= 11 is 0. The van der Waals surface area contributed by atoms with E-state index in [4.69, 9.17) is 10.2 Å². The van der Waals surface area contributed by atoms with E-state index in [0.717, 1.165) is 22.3 Å². The Morgan fingerprint density at radius 3 is 2.62 bits per heavy atom. The van der Waals surface area contributed by atoms with Gasteiger partial charge < -0.3 is 10.2 Å². The monoisotopic (exact) mass is 283 g/mol. The predicted octanol–water partition coefficient (Wildman–Crippen LogP) is 3.31. The summed E-state index contributed by atoms with van der Waals surface area (Å²) in [4.78, 5) is 0. The second-order valence-corrected chi connectivity index (χ2v) is 4.71. The van der Waals surface area contributed by atoms with Gasteiger partial charge in [-0.3, -0.25) is 0 Å². The van der Waals surface area contributed by atoms with Crippen molar-refractivity contribution in [1.82, 2.24) is 10.2 Å². The van der Waals surface area contributed by atoms with Crippen LogP contribution in [0.15, 0.2) is 46.9 Å². The first-order valence-electron chi connectivity index (χ1n) is 6.57. The summed E-state index contributed by atoms with van der Waals surface area (Å²) in [5.41, 5.74) is 9.11. The Labute approximate surface area is 121 Å². The predicted molar refractivity (Wildman–Crippen MR) is 77.8 cm³/mol. The van der Waals surface area contributed by atoms with Gasteiger partial charge in [-0.1, -0.05) is 18.2 Å². The molecule has 0 aliphatic rings. The molecule has 3 rings (SSSR count). The number of aromatic nitrogens is 2. The largest absolute Gasteiger partial charge is 0.421 e. The van der Waals surface area contributed by atoms with E-state index in [1.165, 1.54) is 12.1 Å². The summed E-state index contributed by atoms with van der Waals surface area (Å²) in [5.74, 6) is 0.688. The van der Waals surface area contributed by atoms with Gasteiger partial charge in [0.05, 0.1) is 0 Å². The van der Waals surface area contributed by atoms with Gasteiger partial charge in [-0.05, 0) is 41.0 Å². The first-order chi connectivity index (χ1) is 10.2. The fourth-order valence-electron chi connectivity index (χ4n) is 2.25. The number of hydrogen-bond donors (Lipinski definition) is 1. The van der Waals surface area contributed by atoms with Crippen LogP contribution in [0, 0.1) is 12.7 Å². The fraction of sp³-hybridized carbons (Fsp3) is 0.125. The summed E-state index contributed by atoms with van der Waals surface area (Å²) in [6.07, 6.45) is 0. The molecule has 0 radical (unpaired) electrons. The van der Waals surface area contributed by atoms with Crippen molar-refractivity contribution in [3.05, 3.63) is 59.7 Å². The SMILES string of the molecule is Cc1nnc(-c2cccc(-c3ccc(F)cc3CN)c2)o1. The van der Waals surface area contributed by atoms with Crippen molar-refractivity contribution in [3.63, 3.8) is 0 Å². The molecule has 0 aliphatic carbocycles. The standard InChI is InChI=1S/C16H14FN3O/c1-10-19-20-16(21-10)12-4-2-3-11(7-12)15-6-5-14(17)8-13(15)9-18/h2-8H,9,18H2,1H3. The molecular weight excluding hydrogens is 269 g/mol. The van der Waals surface area contributed by atoms with E-state index in [2.05, 4.69) is 10.2 Å². The lowest BCUT2D eigenvalue weighted by atomic mass is 9.98. The smallest absolute Gasteiger partial charge is 0.247 e. The molecule has 0 saturated heterocycles. The molecule has 106 valence electrons. The quantitative estimate of drug-likeness (QED) is 0.801. The van der Waals surface area contributed by atoms with E-state index in [-0.39, 0.29) is 12.4 Å². The van der Waals surface area contributed by atoms with Gasteiger partial charge in [0, 0.05) is 19.0 Å². The van der Waals surface area contributed by atoms with Crippen LogP contribution in [0.2, 0.25) is 0 Å². The zero-order chi connectivity index (χ0) is 14.8. The molecule has 0 unspecified atom stereocenters. The molecule has 0 aliphatic heterocycles. The van der Waals surface area contributed by atoms with Crippen molar-refractivity contribution in [2.45, 2.75) is 13.5 Å². The molecule has 0 atom stereocenters. The third-order valence-corrected chi connectivity index (χ3v) is 3.23. The van der Waals surface area contributed by atoms with Gasteiger partial charge in [-0.15, -0.1) is 10.2 Å². The number of rotatable bonds is 3. The minimum atomic E-state index is -0.289.